The Balaban J connectivity index is 1.82. The van der Waals surface area contributed by atoms with Gasteiger partial charge in [0.25, 0.3) is 5.56 Å². The second-order valence-electron chi connectivity index (χ2n) is 7.83. The molecule has 7 heteroatoms. The molecule has 144 valence electrons. The fraction of sp³-hybridized carbons (Fsp3) is 0.429. The monoisotopic (exact) mass is 377 g/mol. The van der Waals surface area contributed by atoms with Crippen LogP contribution in [0.15, 0.2) is 29.1 Å². The molecule has 0 spiro atoms. The molecule has 1 fully saturated rings. The van der Waals surface area contributed by atoms with E-state index in [-0.39, 0.29) is 11.4 Å². The van der Waals surface area contributed by atoms with Crippen LogP contribution in [0.5, 0.6) is 0 Å². The largest absolute Gasteiger partial charge is 0.342 e. The Bertz CT molecular complexity index is 1000. The normalized spacial score (nSPS) is 24.2. The minimum atomic E-state index is -0.973. The first-order valence-electron chi connectivity index (χ1n) is 9.64. The lowest BCUT2D eigenvalue weighted by Gasteiger charge is -2.33. The number of nitrogens with zero attached hydrogens (tertiary/aromatic N) is 3. The van der Waals surface area contributed by atoms with E-state index >= 15 is 0 Å². The molecule has 4 rings (SSSR count). The van der Waals surface area contributed by atoms with Crippen LogP contribution in [-0.4, -0.2) is 29.0 Å². The molecule has 3 heterocycles. The first-order chi connectivity index (χ1) is 13.5. The maximum absolute atomic E-state index is 13.0. The summed E-state index contributed by atoms with van der Waals surface area (Å²) in [5.41, 5.74) is 1.88. The van der Waals surface area contributed by atoms with Gasteiger partial charge in [0.1, 0.15) is 11.7 Å². The summed E-state index contributed by atoms with van der Waals surface area (Å²) in [6.07, 6.45) is 2.19. The first kappa shape index (κ1) is 18.2. The molecule has 1 aromatic heterocycles. The number of hydrogen-bond donors (Lipinski definition) is 2. The molecular formula is C21H23N5O2. The lowest BCUT2D eigenvalue weighted by Crippen LogP contribution is -2.41. The molecule has 3 atom stereocenters. The number of benzene rings is 1. The molecule has 2 aliphatic rings. The molecule has 2 aromatic rings. The molecule has 1 aromatic carbocycles. The van der Waals surface area contributed by atoms with Crippen LogP contribution in [0.2, 0.25) is 0 Å². The molecule has 0 aliphatic carbocycles. The van der Waals surface area contributed by atoms with Crippen molar-refractivity contribution in [1.82, 2.24) is 9.97 Å². The van der Waals surface area contributed by atoms with Crippen molar-refractivity contribution >= 4 is 17.7 Å². The van der Waals surface area contributed by atoms with Crippen LogP contribution in [0.25, 0.3) is 0 Å². The molecule has 2 N–H and O–H groups in total. The van der Waals surface area contributed by atoms with E-state index in [1.165, 1.54) is 0 Å². The van der Waals surface area contributed by atoms with Gasteiger partial charge in [-0.15, -0.1) is 0 Å². The standard InChI is InChI=1S/C21H23N5O2/c1-12-5-7-14(8-6-12)16-15(10-22)19(27)23-18-17(16)20(28)25-21(24-18)26-9-3-4-13(2)11-26/h5-8,13,15-16H,3-4,9,11H2,1-2H3,(H2,23,24,25,27,28)/t13-,15-,16-/m0/s1. The second kappa shape index (κ2) is 7.12. The van der Waals surface area contributed by atoms with E-state index in [2.05, 4.69) is 33.2 Å². The number of carbonyl (C=O) groups is 1. The third-order valence-electron chi connectivity index (χ3n) is 5.64. The zero-order valence-electron chi connectivity index (χ0n) is 16.0. The zero-order chi connectivity index (χ0) is 19.8. The van der Waals surface area contributed by atoms with Gasteiger partial charge in [-0.25, -0.2) is 0 Å². The number of H-pyrrole nitrogens is 1. The third kappa shape index (κ3) is 3.15. The summed E-state index contributed by atoms with van der Waals surface area (Å²) >= 11 is 0. The minimum absolute atomic E-state index is 0.263. The Hall–Kier alpha value is -3.14. The highest BCUT2D eigenvalue weighted by atomic mass is 16.2. The van der Waals surface area contributed by atoms with E-state index in [0.717, 1.165) is 37.1 Å². The van der Waals surface area contributed by atoms with Gasteiger partial charge in [-0.2, -0.15) is 10.2 Å². The molecule has 1 amide bonds. The summed E-state index contributed by atoms with van der Waals surface area (Å²) in [6, 6.07) is 9.64. The van der Waals surface area contributed by atoms with Gasteiger partial charge in [0.05, 0.1) is 11.6 Å². The van der Waals surface area contributed by atoms with Gasteiger partial charge in [0.15, 0.2) is 0 Å². The van der Waals surface area contributed by atoms with E-state index in [0.29, 0.717) is 17.4 Å². The molecule has 7 nitrogen and oxygen atoms in total. The number of aryl methyl sites for hydroxylation is 1. The number of piperidine rings is 1. The fourth-order valence-corrected chi connectivity index (χ4v) is 4.16. The number of aromatic amines is 1. The van der Waals surface area contributed by atoms with Gasteiger partial charge in [-0.3, -0.25) is 14.6 Å². The van der Waals surface area contributed by atoms with Crippen molar-refractivity contribution in [2.75, 3.05) is 23.3 Å². The summed E-state index contributed by atoms with van der Waals surface area (Å²) in [4.78, 5) is 35.2. The van der Waals surface area contributed by atoms with Gasteiger partial charge in [-0.05, 0) is 31.2 Å². The minimum Gasteiger partial charge on any atom is -0.342 e. The Morgan fingerprint density at radius 3 is 2.68 bits per heavy atom. The van der Waals surface area contributed by atoms with Crippen LogP contribution in [0.4, 0.5) is 11.8 Å². The summed E-state index contributed by atoms with van der Waals surface area (Å²) in [7, 11) is 0. The number of fused-ring (bicyclic) bond motifs is 1. The number of carbonyl (C=O) groups excluding carboxylic acids is 1. The fourth-order valence-electron chi connectivity index (χ4n) is 4.16. The molecule has 28 heavy (non-hydrogen) atoms. The van der Waals surface area contributed by atoms with Gasteiger partial charge >= 0.3 is 0 Å². The van der Waals surface area contributed by atoms with Crippen molar-refractivity contribution in [2.45, 2.75) is 32.6 Å². The average molecular weight is 377 g/mol. The second-order valence-corrected chi connectivity index (χ2v) is 7.83. The molecule has 2 aliphatic heterocycles. The molecule has 1 saturated heterocycles. The molecule has 0 radical (unpaired) electrons. The summed E-state index contributed by atoms with van der Waals surface area (Å²) in [5.74, 6) is -0.767. The van der Waals surface area contributed by atoms with Crippen LogP contribution < -0.4 is 15.8 Å². The van der Waals surface area contributed by atoms with Crippen molar-refractivity contribution in [3.63, 3.8) is 0 Å². The van der Waals surface area contributed by atoms with Crippen LogP contribution in [-0.2, 0) is 4.79 Å². The molecule has 0 saturated carbocycles. The smallest absolute Gasteiger partial charge is 0.258 e. The lowest BCUT2D eigenvalue weighted by molar-refractivity contribution is -0.119. The molecular weight excluding hydrogens is 354 g/mol. The number of nitrogens with one attached hydrogen (secondary N) is 2. The summed E-state index contributed by atoms with van der Waals surface area (Å²) in [5, 5.41) is 12.3. The van der Waals surface area contributed by atoms with Gasteiger partial charge in [0, 0.05) is 19.0 Å². The number of rotatable bonds is 2. The topological polar surface area (TPSA) is 102 Å². The number of aromatic nitrogens is 2. The van der Waals surface area contributed by atoms with Gasteiger partial charge < -0.3 is 10.2 Å². The first-order valence-corrected chi connectivity index (χ1v) is 9.64. The number of hydrogen-bond acceptors (Lipinski definition) is 5. The number of amides is 1. The Morgan fingerprint density at radius 1 is 1.25 bits per heavy atom. The van der Waals surface area contributed by atoms with E-state index in [9.17, 15) is 14.9 Å². The summed E-state index contributed by atoms with van der Waals surface area (Å²) in [6.45, 7) is 5.78. The maximum atomic E-state index is 13.0. The maximum Gasteiger partial charge on any atom is 0.258 e. The van der Waals surface area contributed by atoms with Crippen molar-refractivity contribution in [1.29, 1.82) is 5.26 Å². The third-order valence-corrected chi connectivity index (χ3v) is 5.64. The predicted molar refractivity (Wildman–Crippen MR) is 106 cm³/mol. The predicted octanol–water partition coefficient (Wildman–Crippen LogP) is 2.54. The van der Waals surface area contributed by atoms with Crippen LogP contribution in [0, 0.1) is 30.1 Å². The van der Waals surface area contributed by atoms with Gasteiger partial charge in [0.2, 0.25) is 11.9 Å². The zero-order valence-corrected chi connectivity index (χ0v) is 16.0. The Morgan fingerprint density at radius 2 is 2.00 bits per heavy atom. The van der Waals surface area contributed by atoms with Gasteiger partial charge in [-0.1, -0.05) is 36.8 Å². The van der Waals surface area contributed by atoms with Crippen LogP contribution >= 0.6 is 0 Å². The van der Waals surface area contributed by atoms with Crippen LogP contribution in [0.1, 0.15) is 42.4 Å². The quantitative estimate of drug-likeness (QED) is 0.837. The highest BCUT2D eigenvalue weighted by Crippen LogP contribution is 2.38. The van der Waals surface area contributed by atoms with Crippen molar-refractivity contribution in [3.8, 4) is 6.07 Å². The van der Waals surface area contributed by atoms with E-state index in [1.807, 2.05) is 31.2 Å². The molecule has 0 unspecified atom stereocenters. The van der Waals surface area contributed by atoms with E-state index < -0.39 is 17.7 Å². The van der Waals surface area contributed by atoms with Crippen molar-refractivity contribution in [2.24, 2.45) is 11.8 Å². The van der Waals surface area contributed by atoms with E-state index in [4.69, 9.17) is 0 Å². The SMILES string of the molecule is Cc1ccc([C@@H]2c3c(nc(N4CCC[C@H](C)C4)[nH]c3=O)NC(=O)[C@H]2C#N)cc1. The molecule has 0 bridgehead atoms. The van der Waals surface area contributed by atoms with E-state index in [1.54, 1.807) is 0 Å². The average Bonchev–Trinajstić information content (AvgIpc) is 2.67. The number of nitriles is 1. The Labute approximate surface area is 163 Å². The van der Waals surface area contributed by atoms with Crippen molar-refractivity contribution < 1.29 is 4.79 Å². The number of anilines is 2. The summed E-state index contributed by atoms with van der Waals surface area (Å²) < 4.78 is 0. The lowest BCUT2D eigenvalue weighted by atomic mass is 9.79. The van der Waals surface area contributed by atoms with Crippen LogP contribution in [0.3, 0.4) is 0 Å². The van der Waals surface area contributed by atoms with Crippen molar-refractivity contribution in [3.05, 3.63) is 51.3 Å². The Kier molecular flexibility index (Phi) is 4.63. The highest BCUT2D eigenvalue weighted by Gasteiger charge is 2.40. The highest BCUT2D eigenvalue weighted by molar-refractivity contribution is 5.97.